The van der Waals surface area contributed by atoms with Gasteiger partial charge < -0.3 is 5.11 Å². The van der Waals surface area contributed by atoms with Crippen LogP contribution in [0.3, 0.4) is 0 Å². The van der Waals surface area contributed by atoms with Gasteiger partial charge in [-0.1, -0.05) is 19.3 Å². The van der Waals surface area contributed by atoms with E-state index in [0.29, 0.717) is 5.25 Å². The van der Waals surface area contributed by atoms with Crippen LogP contribution in [0.25, 0.3) is 0 Å². The van der Waals surface area contributed by atoms with Crippen LogP contribution in [0.2, 0.25) is 0 Å². The molecule has 0 atom stereocenters. The number of nitrogens with zero attached hydrogens (tertiary/aromatic N) is 1. The summed E-state index contributed by atoms with van der Waals surface area (Å²) in [5.41, 5.74) is 0.119. The van der Waals surface area contributed by atoms with Crippen molar-refractivity contribution < 1.29 is 9.90 Å². The van der Waals surface area contributed by atoms with Gasteiger partial charge in [-0.2, -0.15) is 0 Å². The molecule has 0 unspecified atom stereocenters. The molecule has 1 saturated carbocycles. The van der Waals surface area contributed by atoms with E-state index in [-0.39, 0.29) is 5.69 Å². The van der Waals surface area contributed by atoms with Crippen LogP contribution in [0.1, 0.15) is 42.6 Å². The second kappa shape index (κ2) is 5.34. The van der Waals surface area contributed by atoms with Crippen LogP contribution >= 0.6 is 11.8 Å². The smallest absolute Gasteiger partial charge is 0.354 e. The molecule has 3 nitrogen and oxygen atoms in total. The van der Waals surface area contributed by atoms with Crippen molar-refractivity contribution in [2.75, 3.05) is 0 Å². The van der Waals surface area contributed by atoms with Crippen molar-refractivity contribution in [2.24, 2.45) is 0 Å². The Morgan fingerprint density at radius 1 is 1.31 bits per heavy atom. The van der Waals surface area contributed by atoms with Crippen LogP contribution in [0.5, 0.6) is 0 Å². The van der Waals surface area contributed by atoms with E-state index in [1.165, 1.54) is 32.1 Å². The highest BCUT2D eigenvalue weighted by Gasteiger charge is 2.14. The maximum Gasteiger partial charge on any atom is 0.354 e. The summed E-state index contributed by atoms with van der Waals surface area (Å²) in [4.78, 5) is 15.6. The van der Waals surface area contributed by atoms with Crippen molar-refractivity contribution in [3.63, 3.8) is 0 Å². The van der Waals surface area contributed by atoms with Gasteiger partial charge in [0.1, 0.15) is 5.69 Å². The van der Waals surface area contributed by atoms with Gasteiger partial charge in [0.15, 0.2) is 0 Å². The van der Waals surface area contributed by atoms with Gasteiger partial charge in [-0.3, -0.25) is 0 Å². The lowest BCUT2D eigenvalue weighted by Gasteiger charge is -2.20. The van der Waals surface area contributed by atoms with Crippen molar-refractivity contribution in [1.82, 2.24) is 4.98 Å². The van der Waals surface area contributed by atoms with Crippen molar-refractivity contribution in [2.45, 2.75) is 42.2 Å². The van der Waals surface area contributed by atoms with Crippen LogP contribution in [-0.2, 0) is 0 Å². The summed E-state index contributed by atoms with van der Waals surface area (Å²) >= 11 is 1.83. The van der Waals surface area contributed by atoms with Crippen molar-refractivity contribution in [3.05, 3.63) is 24.0 Å². The van der Waals surface area contributed by atoms with Gasteiger partial charge in [0, 0.05) is 16.3 Å². The molecule has 0 spiro atoms. The summed E-state index contributed by atoms with van der Waals surface area (Å²) in [5.74, 6) is -0.964. The van der Waals surface area contributed by atoms with Crippen molar-refractivity contribution in [3.8, 4) is 0 Å². The van der Waals surface area contributed by atoms with Gasteiger partial charge >= 0.3 is 5.97 Å². The Labute approximate surface area is 99.3 Å². The summed E-state index contributed by atoms with van der Waals surface area (Å²) in [6.45, 7) is 0. The SMILES string of the molecule is O=C(O)c1ccc(SC2CCCCC2)cn1. The number of carboxylic acids is 1. The lowest BCUT2D eigenvalue weighted by molar-refractivity contribution is 0.0690. The molecule has 1 aliphatic carbocycles. The first-order valence-corrected chi connectivity index (χ1v) is 6.49. The average molecular weight is 237 g/mol. The van der Waals surface area contributed by atoms with Crippen LogP contribution in [0.4, 0.5) is 0 Å². The number of carbonyl (C=O) groups is 1. The van der Waals surface area contributed by atoms with E-state index in [9.17, 15) is 4.79 Å². The predicted molar refractivity (Wildman–Crippen MR) is 63.9 cm³/mol. The number of hydrogen-bond acceptors (Lipinski definition) is 3. The largest absolute Gasteiger partial charge is 0.477 e. The third-order valence-corrected chi connectivity index (χ3v) is 4.13. The highest BCUT2D eigenvalue weighted by atomic mass is 32.2. The summed E-state index contributed by atoms with van der Waals surface area (Å²) in [6.07, 6.45) is 8.20. The lowest BCUT2D eigenvalue weighted by Crippen LogP contribution is -2.07. The van der Waals surface area contributed by atoms with E-state index >= 15 is 0 Å². The highest BCUT2D eigenvalue weighted by Crippen LogP contribution is 2.33. The number of aromatic carboxylic acids is 1. The molecule has 4 heteroatoms. The molecule has 16 heavy (non-hydrogen) atoms. The number of hydrogen-bond donors (Lipinski definition) is 1. The Balaban J connectivity index is 1.96. The number of carboxylic acid groups (broad SMARTS) is 1. The molecule has 0 amide bonds. The van der Waals surface area contributed by atoms with Crippen LogP contribution in [-0.4, -0.2) is 21.3 Å². The first-order valence-electron chi connectivity index (χ1n) is 5.62. The van der Waals surface area contributed by atoms with Gasteiger partial charge in [0.05, 0.1) is 0 Å². The zero-order chi connectivity index (χ0) is 11.4. The standard InChI is InChI=1S/C12H15NO2S/c14-12(15)11-7-6-10(8-13-11)16-9-4-2-1-3-5-9/h6-9H,1-5H2,(H,14,15). The van der Waals surface area contributed by atoms with Gasteiger partial charge in [-0.25, -0.2) is 9.78 Å². The Kier molecular flexibility index (Phi) is 3.83. The molecule has 1 fully saturated rings. The van der Waals surface area contributed by atoms with Gasteiger partial charge in [-0.15, -0.1) is 11.8 Å². The van der Waals surface area contributed by atoms with Gasteiger partial charge in [0.25, 0.3) is 0 Å². The Hall–Kier alpha value is -1.03. The van der Waals surface area contributed by atoms with Gasteiger partial charge in [-0.05, 0) is 25.0 Å². The molecule has 1 heterocycles. The predicted octanol–water partition coefficient (Wildman–Crippen LogP) is 3.20. The Morgan fingerprint density at radius 2 is 2.06 bits per heavy atom. The van der Waals surface area contributed by atoms with Crippen molar-refractivity contribution in [1.29, 1.82) is 0 Å². The molecule has 0 aromatic carbocycles. The number of thioether (sulfide) groups is 1. The average Bonchev–Trinajstić information content (AvgIpc) is 2.31. The second-order valence-electron chi connectivity index (χ2n) is 4.06. The zero-order valence-corrected chi connectivity index (χ0v) is 9.87. The van der Waals surface area contributed by atoms with Crippen LogP contribution < -0.4 is 0 Å². The minimum atomic E-state index is -0.964. The molecule has 86 valence electrons. The second-order valence-corrected chi connectivity index (χ2v) is 5.44. The van der Waals surface area contributed by atoms with E-state index in [0.717, 1.165) is 4.90 Å². The minimum absolute atomic E-state index is 0.119. The van der Waals surface area contributed by atoms with Crippen LogP contribution in [0.15, 0.2) is 23.2 Å². The summed E-state index contributed by atoms with van der Waals surface area (Å²) in [5, 5.41) is 9.41. The third kappa shape index (κ3) is 2.98. The summed E-state index contributed by atoms with van der Waals surface area (Å²) in [7, 11) is 0. The third-order valence-electron chi connectivity index (χ3n) is 2.81. The number of aromatic nitrogens is 1. The van der Waals surface area contributed by atoms with Gasteiger partial charge in [0.2, 0.25) is 0 Å². The number of rotatable bonds is 3. The molecular weight excluding hydrogens is 222 g/mol. The topological polar surface area (TPSA) is 50.2 Å². The summed E-state index contributed by atoms with van der Waals surface area (Å²) < 4.78 is 0. The first-order chi connectivity index (χ1) is 7.75. The normalized spacial score (nSPS) is 17.2. The molecule has 0 bridgehead atoms. The lowest BCUT2D eigenvalue weighted by atomic mass is 10.0. The molecule has 0 radical (unpaired) electrons. The van der Waals surface area contributed by atoms with E-state index < -0.39 is 5.97 Å². The number of pyridine rings is 1. The Morgan fingerprint density at radius 3 is 2.62 bits per heavy atom. The zero-order valence-electron chi connectivity index (χ0n) is 9.06. The molecule has 1 aromatic rings. The monoisotopic (exact) mass is 237 g/mol. The minimum Gasteiger partial charge on any atom is -0.477 e. The summed E-state index contributed by atoms with van der Waals surface area (Å²) in [6, 6.07) is 3.43. The molecule has 0 aliphatic heterocycles. The molecule has 2 rings (SSSR count). The molecule has 1 N–H and O–H groups in total. The van der Waals surface area contributed by atoms with E-state index in [4.69, 9.17) is 5.11 Å². The maximum atomic E-state index is 10.6. The fourth-order valence-electron chi connectivity index (χ4n) is 1.95. The van der Waals surface area contributed by atoms with Crippen LogP contribution in [0, 0.1) is 0 Å². The first kappa shape index (κ1) is 11.5. The highest BCUT2D eigenvalue weighted by molar-refractivity contribution is 8.00. The van der Waals surface area contributed by atoms with E-state index in [1.807, 2.05) is 17.8 Å². The van der Waals surface area contributed by atoms with Crippen molar-refractivity contribution >= 4 is 17.7 Å². The molecule has 0 saturated heterocycles. The molecule has 1 aromatic heterocycles. The quantitative estimate of drug-likeness (QED) is 0.877. The Bertz CT molecular complexity index is 358. The van der Waals surface area contributed by atoms with E-state index in [1.54, 1.807) is 12.3 Å². The fourth-order valence-corrected chi connectivity index (χ4v) is 3.17. The molecule has 1 aliphatic rings. The molecular formula is C12H15NO2S. The maximum absolute atomic E-state index is 10.6. The fraction of sp³-hybridized carbons (Fsp3) is 0.500. The van der Waals surface area contributed by atoms with E-state index in [2.05, 4.69) is 4.98 Å².